The van der Waals surface area contributed by atoms with Crippen molar-refractivity contribution < 1.29 is 23.9 Å². The third-order valence-electron chi connectivity index (χ3n) is 3.25. The molecular formula is C19H28N2O5. The van der Waals surface area contributed by atoms with Crippen LogP contribution in [0.5, 0.6) is 0 Å². The third kappa shape index (κ3) is 9.05. The molecule has 0 saturated heterocycles. The molecule has 7 nitrogen and oxygen atoms in total. The summed E-state index contributed by atoms with van der Waals surface area (Å²) < 4.78 is 10.0. The molecule has 2 N–H and O–H groups in total. The molecule has 144 valence electrons. The number of benzene rings is 1. The zero-order valence-corrected chi connectivity index (χ0v) is 16.1. The lowest BCUT2D eigenvalue weighted by Gasteiger charge is -2.19. The van der Waals surface area contributed by atoms with E-state index in [1.165, 1.54) is 0 Å². The lowest BCUT2D eigenvalue weighted by Crippen LogP contribution is -2.33. The normalized spacial score (nSPS) is 10.8. The van der Waals surface area contributed by atoms with Gasteiger partial charge < -0.3 is 20.1 Å². The van der Waals surface area contributed by atoms with Crippen LogP contribution >= 0.6 is 0 Å². The van der Waals surface area contributed by atoms with Crippen molar-refractivity contribution in [1.29, 1.82) is 0 Å². The van der Waals surface area contributed by atoms with E-state index in [4.69, 9.17) is 9.47 Å². The number of carbonyl (C=O) groups is 3. The topological polar surface area (TPSA) is 93.7 Å². The Bertz CT molecular complexity index is 650. The number of ether oxygens (including phenoxy) is 2. The van der Waals surface area contributed by atoms with Crippen LogP contribution in [0.1, 0.15) is 44.7 Å². The summed E-state index contributed by atoms with van der Waals surface area (Å²) in [5.74, 6) is -0.885. The maximum atomic E-state index is 11.8. The largest absolute Gasteiger partial charge is 0.456 e. The van der Waals surface area contributed by atoms with Crippen molar-refractivity contribution in [3.8, 4) is 0 Å². The van der Waals surface area contributed by atoms with Gasteiger partial charge in [-0.1, -0.05) is 17.7 Å². The van der Waals surface area contributed by atoms with Gasteiger partial charge in [-0.3, -0.25) is 9.59 Å². The van der Waals surface area contributed by atoms with Gasteiger partial charge in [-0.25, -0.2) is 4.79 Å². The van der Waals surface area contributed by atoms with E-state index in [1.807, 2.05) is 32.0 Å². The number of carbonyl (C=O) groups excluding carboxylic acids is 3. The smallest absolute Gasteiger partial charge is 0.407 e. The molecule has 0 bridgehead atoms. The Kier molecular flexibility index (Phi) is 8.09. The summed E-state index contributed by atoms with van der Waals surface area (Å²) in [7, 11) is 0. The summed E-state index contributed by atoms with van der Waals surface area (Å²) in [4.78, 5) is 34.9. The molecule has 26 heavy (non-hydrogen) atoms. The minimum Gasteiger partial charge on any atom is -0.456 e. The average Bonchev–Trinajstić information content (AvgIpc) is 2.50. The number of anilines is 1. The van der Waals surface area contributed by atoms with Gasteiger partial charge in [0.25, 0.3) is 5.91 Å². The maximum absolute atomic E-state index is 11.8. The van der Waals surface area contributed by atoms with Crippen molar-refractivity contribution in [2.75, 3.05) is 18.5 Å². The summed E-state index contributed by atoms with van der Waals surface area (Å²) in [6.07, 6.45) is -0.0256. The summed E-state index contributed by atoms with van der Waals surface area (Å²) in [5, 5.41) is 5.26. The molecule has 0 atom stereocenters. The van der Waals surface area contributed by atoms with Gasteiger partial charge in [-0.2, -0.15) is 0 Å². The molecule has 0 saturated carbocycles. The molecule has 0 aliphatic rings. The van der Waals surface area contributed by atoms with Gasteiger partial charge in [0, 0.05) is 18.7 Å². The van der Waals surface area contributed by atoms with Gasteiger partial charge in [0.05, 0.1) is 0 Å². The first-order valence-electron chi connectivity index (χ1n) is 8.56. The molecule has 0 fully saturated rings. The van der Waals surface area contributed by atoms with E-state index in [-0.39, 0.29) is 13.0 Å². The molecule has 1 aromatic carbocycles. The monoisotopic (exact) mass is 364 g/mol. The number of hydrogen-bond acceptors (Lipinski definition) is 5. The summed E-state index contributed by atoms with van der Waals surface area (Å²) in [6, 6.07) is 5.66. The number of nitrogens with one attached hydrogen (secondary N) is 2. The molecule has 0 unspecified atom stereocenters. The molecular weight excluding hydrogens is 336 g/mol. The highest BCUT2D eigenvalue weighted by Crippen LogP contribution is 2.15. The Morgan fingerprint density at radius 3 is 2.42 bits per heavy atom. The van der Waals surface area contributed by atoms with E-state index in [9.17, 15) is 14.4 Å². The Hall–Kier alpha value is -2.57. The Morgan fingerprint density at radius 2 is 1.81 bits per heavy atom. The average molecular weight is 364 g/mol. The molecule has 0 aromatic heterocycles. The van der Waals surface area contributed by atoms with Crippen molar-refractivity contribution in [2.24, 2.45) is 0 Å². The lowest BCUT2D eigenvalue weighted by molar-refractivity contribution is -0.147. The molecule has 0 heterocycles. The van der Waals surface area contributed by atoms with Crippen LogP contribution < -0.4 is 10.6 Å². The Balaban J connectivity index is 2.21. The van der Waals surface area contributed by atoms with Crippen molar-refractivity contribution in [2.45, 2.75) is 53.1 Å². The van der Waals surface area contributed by atoms with Crippen LogP contribution in [0.2, 0.25) is 0 Å². The predicted octanol–water partition coefficient (Wildman–Crippen LogP) is 3.09. The second-order valence-corrected chi connectivity index (χ2v) is 7.06. The summed E-state index contributed by atoms with van der Waals surface area (Å²) in [6.45, 7) is 9.13. The zero-order valence-electron chi connectivity index (χ0n) is 16.1. The first-order chi connectivity index (χ1) is 12.1. The Labute approximate surface area is 154 Å². The summed E-state index contributed by atoms with van der Waals surface area (Å²) in [5.41, 5.74) is 2.18. The SMILES string of the molecule is Cc1ccc(NC(=O)COC(=O)CCCNC(=O)OC(C)(C)C)c(C)c1. The quantitative estimate of drug-likeness (QED) is 0.573. The van der Waals surface area contributed by atoms with Crippen molar-refractivity contribution in [1.82, 2.24) is 5.32 Å². The van der Waals surface area contributed by atoms with Gasteiger partial charge in [-0.05, 0) is 52.7 Å². The first-order valence-corrected chi connectivity index (χ1v) is 8.56. The molecule has 0 aliphatic carbocycles. The minimum absolute atomic E-state index is 0.104. The van der Waals surface area contributed by atoms with Gasteiger partial charge >= 0.3 is 12.1 Å². The highest BCUT2D eigenvalue weighted by atomic mass is 16.6. The minimum atomic E-state index is -0.563. The van der Waals surface area contributed by atoms with Crippen LogP contribution in [0.3, 0.4) is 0 Å². The zero-order chi connectivity index (χ0) is 19.7. The molecule has 0 radical (unpaired) electrons. The number of alkyl carbamates (subject to hydrolysis) is 1. The van der Waals surface area contributed by atoms with E-state index in [1.54, 1.807) is 20.8 Å². The number of aryl methyl sites for hydroxylation is 2. The molecule has 1 rings (SSSR count). The van der Waals surface area contributed by atoms with Crippen LogP contribution in [0.4, 0.5) is 10.5 Å². The fraction of sp³-hybridized carbons (Fsp3) is 0.526. The second-order valence-electron chi connectivity index (χ2n) is 7.06. The van der Waals surface area contributed by atoms with E-state index in [0.717, 1.165) is 11.1 Å². The standard InChI is InChI=1S/C19H28N2O5/c1-13-8-9-15(14(2)11-13)21-16(22)12-25-17(23)7-6-10-20-18(24)26-19(3,4)5/h8-9,11H,6-7,10,12H2,1-5H3,(H,20,24)(H,21,22). The van der Waals surface area contributed by atoms with Gasteiger partial charge in [0.2, 0.25) is 0 Å². The van der Waals surface area contributed by atoms with E-state index >= 15 is 0 Å². The predicted molar refractivity (Wildman–Crippen MR) is 99.0 cm³/mol. The van der Waals surface area contributed by atoms with E-state index in [0.29, 0.717) is 18.7 Å². The molecule has 0 aliphatic heterocycles. The lowest BCUT2D eigenvalue weighted by atomic mass is 10.1. The second kappa shape index (κ2) is 9.79. The summed E-state index contributed by atoms with van der Waals surface area (Å²) >= 11 is 0. The molecule has 7 heteroatoms. The van der Waals surface area contributed by atoms with Gasteiger partial charge in [-0.15, -0.1) is 0 Å². The van der Waals surface area contributed by atoms with Gasteiger partial charge in [0.15, 0.2) is 6.61 Å². The highest BCUT2D eigenvalue weighted by molar-refractivity contribution is 5.93. The Morgan fingerprint density at radius 1 is 1.12 bits per heavy atom. The van der Waals surface area contributed by atoms with Crippen LogP contribution in [0.15, 0.2) is 18.2 Å². The van der Waals surface area contributed by atoms with E-state index < -0.39 is 23.6 Å². The number of esters is 1. The van der Waals surface area contributed by atoms with Crippen molar-refractivity contribution in [3.63, 3.8) is 0 Å². The van der Waals surface area contributed by atoms with Crippen molar-refractivity contribution >= 4 is 23.7 Å². The number of amides is 2. The molecule has 0 spiro atoms. The van der Waals surface area contributed by atoms with Crippen LogP contribution in [0.25, 0.3) is 0 Å². The van der Waals surface area contributed by atoms with Crippen molar-refractivity contribution in [3.05, 3.63) is 29.3 Å². The maximum Gasteiger partial charge on any atom is 0.407 e. The van der Waals surface area contributed by atoms with Crippen LogP contribution in [-0.4, -0.2) is 36.7 Å². The molecule has 1 aromatic rings. The first kappa shape index (κ1) is 21.5. The number of hydrogen-bond donors (Lipinski definition) is 2. The van der Waals surface area contributed by atoms with Gasteiger partial charge in [0.1, 0.15) is 5.60 Å². The van der Waals surface area contributed by atoms with Crippen LogP contribution in [-0.2, 0) is 19.1 Å². The highest BCUT2D eigenvalue weighted by Gasteiger charge is 2.15. The molecule has 2 amide bonds. The van der Waals surface area contributed by atoms with Crippen LogP contribution in [0, 0.1) is 13.8 Å². The third-order valence-corrected chi connectivity index (χ3v) is 3.25. The van der Waals surface area contributed by atoms with E-state index in [2.05, 4.69) is 10.6 Å². The number of rotatable bonds is 7. The fourth-order valence-corrected chi connectivity index (χ4v) is 2.10. The fourth-order valence-electron chi connectivity index (χ4n) is 2.10.